The number of hydrogen-bond acceptors (Lipinski definition) is 3. The van der Waals surface area contributed by atoms with Crippen LogP contribution in [0.3, 0.4) is 0 Å². The Morgan fingerprint density at radius 2 is 2.00 bits per heavy atom. The maximum atomic E-state index is 12.9. The molecule has 0 bridgehead atoms. The van der Waals surface area contributed by atoms with Crippen LogP contribution in [-0.4, -0.2) is 28.0 Å². The molecule has 1 aromatic heterocycles. The molecule has 0 radical (unpaired) electrons. The molecule has 0 fully saturated rings. The molecule has 0 spiro atoms. The smallest absolute Gasteiger partial charge is 0.407 e. The van der Waals surface area contributed by atoms with Gasteiger partial charge in [-0.25, -0.2) is 13.6 Å². The summed E-state index contributed by atoms with van der Waals surface area (Å²) in [6.45, 7) is 6.49. The zero-order chi connectivity index (χ0) is 17.5. The molecule has 0 unspecified atom stereocenters. The largest absolute Gasteiger partial charge is 0.444 e. The molecule has 0 aliphatic heterocycles. The van der Waals surface area contributed by atoms with Crippen molar-refractivity contribution >= 4 is 28.7 Å². The van der Waals surface area contributed by atoms with Gasteiger partial charge in [0.2, 0.25) is 0 Å². The second-order valence-electron chi connectivity index (χ2n) is 6.24. The van der Waals surface area contributed by atoms with Crippen LogP contribution in [0.2, 0.25) is 0 Å². The van der Waals surface area contributed by atoms with E-state index in [2.05, 4.69) is 10.4 Å². The zero-order valence-electron chi connectivity index (χ0n) is 13.7. The molecule has 1 N–H and O–H groups in total. The Hall–Kier alpha value is -0.930. The highest BCUT2D eigenvalue weighted by molar-refractivity contribution is 14.1. The molecule has 132 valence electrons. The van der Waals surface area contributed by atoms with Gasteiger partial charge in [0.25, 0.3) is 6.43 Å². The molecular weight excluding hydrogens is 419 g/mol. The van der Waals surface area contributed by atoms with Crippen molar-refractivity contribution in [3.63, 3.8) is 0 Å². The lowest BCUT2D eigenvalue weighted by Crippen LogP contribution is -2.32. The summed E-state index contributed by atoms with van der Waals surface area (Å²) in [4.78, 5) is 11.4. The maximum Gasteiger partial charge on any atom is 0.407 e. The van der Waals surface area contributed by atoms with Crippen molar-refractivity contribution in [2.24, 2.45) is 0 Å². The standard InChI is InChI=1S/C15H24F2IN3O2/c1-15(2,3)23-14(22)19-8-6-4-5-7-9-21-12(13(16)17)11(18)10-20-21/h10,13H,4-9H2,1-3H3,(H,19,22). The lowest BCUT2D eigenvalue weighted by molar-refractivity contribution is 0.0527. The van der Waals surface area contributed by atoms with E-state index >= 15 is 0 Å². The second kappa shape index (κ2) is 9.39. The van der Waals surface area contributed by atoms with E-state index in [1.54, 1.807) is 0 Å². The molecule has 0 aliphatic carbocycles. The number of halogens is 3. The number of rotatable bonds is 8. The molecule has 1 amide bonds. The molecular formula is C15H24F2IN3O2. The van der Waals surface area contributed by atoms with E-state index in [4.69, 9.17) is 4.74 Å². The van der Waals surface area contributed by atoms with E-state index in [0.29, 0.717) is 16.7 Å². The van der Waals surface area contributed by atoms with Crippen molar-refractivity contribution in [2.45, 2.75) is 65.0 Å². The van der Waals surface area contributed by atoms with Crippen LogP contribution >= 0.6 is 22.6 Å². The first kappa shape index (κ1) is 20.1. The Bertz CT molecular complexity index is 501. The van der Waals surface area contributed by atoms with Gasteiger partial charge >= 0.3 is 6.09 Å². The van der Waals surface area contributed by atoms with Crippen molar-refractivity contribution in [1.82, 2.24) is 15.1 Å². The minimum absolute atomic E-state index is 0.00260. The Kier molecular flexibility index (Phi) is 8.21. The van der Waals surface area contributed by atoms with Crippen molar-refractivity contribution in [1.29, 1.82) is 0 Å². The molecule has 8 heteroatoms. The Morgan fingerprint density at radius 1 is 1.35 bits per heavy atom. The van der Waals surface area contributed by atoms with E-state index < -0.39 is 18.1 Å². The highest BCUT2D eigenvalue weighted by Gasteiger charge is 2.18. The number of nitrogens with one attached hydrogen (secondary N) is 1. The van der Waals surface area contributed by atoms with Crippen LogP contribution in [0, 0.1) is 3.57 Å². The fourth-order valence-electron chi connectivity index (χ4n) is 2.01. The lowest BCUT2D eigenvalue weighted by atomic mass is 10.2. The summed E-state index contributed by atoms with van der Waals surface area (Å²) >= 11 is 1.88. The van der Waals surface area contributed by atoms with Gasteiger partial charge in [0.05, 0.1) is 9.77 Å². The quantitative estimate of drug-likeness (QED) is 0.475. The number of carbonyl (C=O) groups excluding carboxylic acids is 1. The first-order valence-electron chi connectivity index (χ1n) is 7.67. The first-order valence-corrected chi connectivity index (χ1v) is 8.75. The Balaban J connectivity index is 2.14. The topological polar surface area (TPSA) is 56.1 Å². The normalized spacial score (nSPS) is 11.8. The maximum absolute atomic E-state index is 12.9. The van der Waals surface area contributed by atoms with E-state index in [0.717, 1.165) is 25.7 Å². The average Bonchev–Trinajstić information content (AvgIpc) is 2.76. The van der Waals surface area contributed by atoms with Crippen LogP contribution < -0.4 is 5.32 Å². The average molecular weight is 443 g/mol. The number of ether oxygens (including phenoxy) is 1. The van der Waals surface area contributed by atoms with Gasteiger partial charge in [0.15, 0.2) is 0 Å². The van der Waals surface area contributed by atoms with Crippen LogP contribution in [0.25, 0.3) is 0 Å². The number of amides is 1. The third-order valence-corrected chi connectivity index (χ3v) is 3.84. The Labute approximate surface area is 149 Å². The first-order chi connectivity index (χ1) is 10.7. The summed E-state index contributed by atoms with van der Waals surface area (Å²) < 4.78 is 32.8. The molecule has 0 saturated heterocycles. The molecule has 5 nitrogen and oxygen atoms in total. The predicted octanol–water partition coefficient (Wildman–Crippen LogP) is 4.51. The Morgan fingerprint density at radius 3 is 2.61 bits per heavy atom. The van der Waals surface area contributed by atoms with Crippen LogP contribution in [-0.2, 0) is 11.3 Å². The van der Waals surface area contributed by atoms with Gasteiger partial charge in [-0.05, 0) is 56.2 Å². The fourth-order valence-corrected chi connectivity index (χ4v) is 2.65. The third kappa shape index (κ3) is 7.94. The molecule has 1 aromatic rings. The molecule has 1 rings (SSSR count). The van der Waals surface area contributed by atoms with Gasteiger partial charge in [0, 0.05) is 13.1 Å². The van der Waals surface area contributed by atoms with Gasteiger partial charge in [-0.1, -0.05) is 12.8 Å². The monoisotopic (exact) mass is 443 g/mol. The number of alkyl halides is 2. The van der Waals surface area contributed by atoms with E-state index in [9.17, 15) is 13.6 Å². The predicted molar refractivity (Wildman–Crippen MR) is 92.6 cm³/mol. The number of aryl methyl sites for hydroxylation is 1. The summed E-state index contributed by atoms with van der Waals surface area (Å²) in [6.07, 6.45) is 1.98. The molecule has 0 aliphatic rings. The van der Waals surface area contributed by atoms with Crippen molar-refractivity contribution in [3.05, 3.63) is 15.5 Å². The third-order valence-electron chi connectivity index (χ3n) is 3.00. The van der Waals surface area contributed by atoms with Gasteiger partial charge in [-0.3, -0.25) is 4.68 Å². The van der Waals surface area contributed by atoms with Crippen LogP contribution in [0.5, 0.6) is 0 Å². The van der Waals surface area contributed by atoms with Crippen molar-refractivity contribution in [2.75, 3.05) is 6.54 Å². The van der Waals surface area contributed by atoms with Gasteiger partial charge < -0.3 is 10.1 Å². The van der Waals surface area contributed by atoms with E-state index in [1.807, 2.05) is 43.4 Å². The van der Waals surface area contributed by atoms with Gasteiger partial charge in [0.1, 0.15) is 11.3 Å². The molecule has 0 aromatic carbocycles. The summed E-state index contributed by atoms with van der Waals surface area (Å²) in [5.74, 6) is 0. The lowest BCUT2D eigenvalue weighted by Gasteiger charge is -2.19. The summed E-state index contributed by atoms with van der Waals surface area (Å²) in [5, 5.41) is 6.68. The van der Waals surface area contributed by atoms with Crippen molar-refractivity contribution in [3.8, 4) is 0 Å². The van der Waals surface area contributed by atoms with Crippen LogP contribution in [0.1, 0.15) is 58.6 Å². The summed E-state index contributed by atoms with van der Waals surface area (Å²) in [6, 6.07) is 0. The SMILES string of the molecule is CC(C)(C)OC(=O)NCCCCCCn1ncc(I)c1C(F)F. The minimum atomic E-state index is -2.50. The molecule has 0 saturated carbocycles. The van der Waals surface area contributed by atoms with Crippen LogP contribution in [0.15, 0.2) is 6.20 Å². The van der Waals surface area contributed by atoms with E-state index in [-0.39, 0.29) is 5.69 Å². The van der Waals surface area contributed by atoms with Gasteiger partial charge in [-0.15, -0.1) is 0 Å². The zero-order valence-corrected chi connectivity index (χ0v) is 15.9. The fraction of sp³-hybridized carbons (Fsp3) is 0.733. The number of nitrogens with zero attached hydrogens (tertiary/aromatic N) is 2. The molecule has 1 heterocycles. The molecule has 0 atom stereocenters. The van der Waals surface area contributed by atoms with Crippen molar-refractivity contribution < 1.29 is 18.3 Å². The number of aromatic nitrogens is 2. The highest BCUT2D eigenvalue weighted by atomic mass is 127. The number of hydrogen-bond donors (Lipinski definition) is 1. The van der Waals surface area contributed by atoms with E-state index in [1.165, 1.54) is 10.9 Å². The van der Waals surface area contributed by atoms with Crippen LogP contribution in [0.4, 0.5) is 13.6 Å². The summed E-state index contributed by atoms with van der Waals surface area (Å²) in [7, 11) is 0. The minimum Gasteiger partial charge on any atom is -0.444 e. The molecule has 23 heavy (non-hydrogen) atoms. The number of alkyl carbamates (subject to hydrolysis) is 1. The van der Waals surface area contributed by atoms with Gasteiger partial charge in [-0.2, -0.15) is 5.10 Å². The summed E-state index contributed by atoms with van der Waals surface area (Å²) in [5.41, 5.74) is -0.495. The number of carbonyl (C=O) groups is 1. The second-order valence-corrected chi connectivity index (χ2v) is 7.41. The number of unbranched alkanes of at least 4 members (excludes halogenated alkanes) is 3. The highest BCUT2D eigenvalue weighted by Crippen LogP contribution is 2.24.